The molecular weight excluding hydrogens is 208 g/mol. The Morgan fingerprint density at radius 3 is 2.80 bits per heavy atom. The van der Waals surface area contributed by atoms with Gasteiger partial charge >= 0.3 is 0 Å². The number of hydrogen-bond donors (Lipinski definition) is 1. The maximum Gasteiger partial charge on any atom is 0.104 e. The number of hydrogen-bond acceptors (Lipinski definition) is 3. The summed E-state index contributed by atoms with van der Waals surface area (Å²) in [7, 11) is 0. The van der Waals surface area contributed by atoms with E-state index in [1.165, 1.54) is 5.56 Å². The van der Waals surface area contributed by atoms with Crippen molar-refractivity contribution < 1.29 is 4.74 Å². The third kappa shape index (κ3) is 4.85. The molecule has 1 rings (SSSR count). The molecule has 0 aromatic carbocycles. The van der Waals surface area contributed by atoms with Crippen molar-refractivity contribution >= 4 is 17.2 Å². The number of nitrogens with two attached hydrogens (primary N) is 1. The van der Waals surface area contributed by atoms with E-state index in [2.05, 4.69) is 4.98 Å². The smallest absolute Gasteiger partial charge is 0.104 e. The van der Waals surface area contributed by atoms with Gasteiger partial charge in [-0.25, -0.2) is 0 Å². The van der Waals surface area contributed by atoms with Gasteiger partial charge in [0.05, 0.1) is 0 Å². The molecule has 2 N–H and O–H groups in total. The van der Waals surface area contributed by atoms with E-state index < -0.39 is 0 Å². The lowest BCUT2D eigenvalue weighted by Crippen LogP contribution is -2.26. The topological polar surface area (TPSA) is 48.1 Å². The van der Waals surface area contributed by atoms with Gasteiger partial charge in [0.1, 0.15) is 11.1 Å². The standard InChI is InChI=1S/C11H16N2OS/c1-9(11(12)15)14-8-2-3-10-4-6-13-7-5-10/h4-7,9H,2-3,8H2,1H3,(H2,12,15). The number of rotatable bonds is 6. The molecule has 0 fully saturated rings. The highest BCUT2D eigenvalue weighted by atomic mass is 32.1. The number of pyridine rings is 1. The molecule has 0 amide bonds. The average Bonchev–Trinajstić information content (AvgIpc) is 2.25. The van der Waals surface area contributed by atoms with Gasteiger partial charge in [-0.05, 0) is 37.5 Å². The Hall–Kier alpha value is -1.00. The van der Waals surface area contributed by atoms with Crippen LogP contribution >= 0.6 is 12.2 Å². The van der Waals surface area contributed by atoms with Gasteiger partial charge in [-0.2, -0.15) is 0 Å². The molecule has 1 heterocycles. The molecule has 1 aromatic heterocycles. The molecule has 3 nitrogen and oxygen atoms in total. The van der Waals surface area contributed by atoms with Crippen molar-refractivity contribution in [2.24, 2.45) is 5.73 Å². The fraction of sp³-hybridized carbons (Fsp3) is 0.455. The molecule has 15 heavy (non-hydrogen) atoms. The summed E-state index contributed by atoms with van der Waals surface area (Å²) in [4.78, 5) is 4.38. The first-order valence-electron chi connectivity index (χ1n) is 5.00. The Balaban J connectivity index is 2.15. The van der Waals surface area contributed by atoms with E-state index in [4.69, 9.17) is 22.7 Å². The molecule has 0 radical (unpaired) electrons. The van der Waals surface area contributed by atoms with Crippen LogP contribution < -0.4 is 5.73 Å². The maximum atomic E-state index is 5.44. The summed E-state index contributed by atoms with van der Waals surface area (Å²) < 4.78 is 5.44. The Morgan fingerprint density at radius 1 is 1.53 bits per heavy atom. The lowest BCUT2D eigenvalue weighted by atomic mass is 10.1. The van der Waals surface area contributed by atoms with Gasteiger partial charge in [-0.1, -0.05) is 12.2 Å². The average molecular weight is 224 g/mol. The van der Waals surface area contributed by atoms with Crippen LogP contribution in [-0.2, 0) is 11.2 Å². The van der Waals surface area contributed by atoms with E-state index in [1.54, 1.807) is 12.4 Å². The van der Waals surface area contributed by atoms with Crippen molar-refractivity contribution in [3.8, 4) is 0 Å². The van der Waals surface area contributed by atoms with Gasteiger partial charge in [0.15, 0.2) is 0 Å². The van der Waals surface area contributed by atoms with Gasteiger partial charge < -0.3 is 10.5 Å². The van der Waals surface area contributed by atoms with Crippen molar-refractivity contribution in [2.75, 3.05) is 6.61 Å². The Labute approximate surface area is 95.7 Å². The van der Waals surface area contributed by atoms with E-state index in [9.17, 15) is 0 Å². The highest BCUT2D eigenvalue weighted by Crippen LogP contribution is 2.02. The second kappa shape index (κ2) is 6.48. The molecular formula is C11H16N2OS. The SMILES string of the molecule is CC(OCCCc1ccncc1)C(N)=S. The Bertz CT molecular complexity index is 303. The summed E-state index contributed by atoms with van der Waals surface area (Å²) in [5, 5.41) is 0. The molecule has 0 saturated carbocycles. The summed E-state index contributed by atoms with van der Waals surface area (Å²) in [5.41, 5.74) is 6.70. The second-order valence-electron chi connectivity index (χ2n) is 3.37. The molecule has 82 valence electrons. The Morgan fingerprint density at radius 2 is 2.20 bits per heavy atom. The number of ether oxygens (including phenoxy) is 1. The highest BCUT2D eigenvalue weighted by Gasteiger charge is 2.03. The molecule has 1 atom stereocenters. The second-order valence-corrected chi connectivity index (χ2v) is 3.85. The molecule has 0 aliphatic rings. The fourth-order valence-corrected chi connectivity index (χ4v) is 1.24. The zero-order chi connectivity index (χ0) is 11.1. The van der Waals surface area contributed by atoms with Gasteiger partial charge in [-0.15, -0.1) is 0 Å². The van der Waals surface area contributed by atoms with Gasteiger partial charge in [0.25, 0.3) is 0 Å². The predicted octanol–water partition coefficient (Wildman–Crippen LogP) is 1.71. The molecule has 1 unspecified atom stereocenters. The van der Waals surface area contributed by atoms with Crippen LogP contribution in [0.15, 0.2) is 24.5 Å². The van der Waals surface area contributed by atoms with E-state index in [-0.39, 0.29) is 6.10 Å². The first-order valence-corrected chi connectivity index (χ1v) is 5.41. The largest absolute Gasteiger partial charge is 0.391 e. The van der Waals surface area contributed by atoms with Crippen LogP contribution in [0.2, 0.25) is 0 Å². The third-order valence-corrected chi connectivity index (χ3v) is 2.46. The molecule has 0 bridgehead atoms. The molecule has 1 aromatic rings. The minimum Gasteiger partial charge on any atom is -0.391 e. The van der Waals surface area contributed by atoms with Gasteiger partial charge in [-0.3, -0.25) is 4.98 Å². The zero-order valence-electron chi connectivity index (χ0n) is 8.85. The van der Waals surface area contributed by atoms with Crippen molar-refractivity contribution in [1.82, 2.24) is 4.98 Å². The van der Waals surface area contributed by atoms with E-state index in [0.29, 0.717) is 11.6 Å². The Kier molecular flexibility index (Phi) is 5.21. The monoisotopic (exact) mass is 224 g/mol. The summed E-state index contributed by atoms with van der Waals surface area (Å²) in [6, 6.07) is 4.02. The summed E-state index contributed by atoms with van der Waals surface area (Å²) in [5.74, 6) is 0. The highest BCUT2D eigenvalue weighted by molar-refractivity contribution is 7.80. The lowest BCUT2D eigenvalue weighted by Gasteiger charge is -2.10. The number of nitrogens with zero attached hydrogens (tertiary/aromatic N) is 1. The van der Waals surface area contributed by atoms with Crippen molar-refractivity contribution in [3.63, 3.8) is 0 Å². The third-order valence-electron chi connectivity index (χ3n) is 2.13. The number of thiocarbonyl (C=S) groups is 1. The zero-order valence-corrected chi connectivity index (χ0v) is 9.67. The fourth-order valence-electron chi connectivity index (χ4n) is 1.17. The van der Waals surface area contributed by atoms with Crippen LogP contribution in [0.25, 0.3) is 0 Å². The minimum atomic E-state index is -0.127. The molecule has 0 aliphatic heterocycles. The predicted molar refractivity (Wildman–Crippen MR) is 64.8 cm³/mol. The van der Waals surface area contributed by atoms with Crippen LogP contribution in [0.4, 0.5) is 0 Å². The van der Waals surface area contributed by atoms with Crippen molar-refractivity contribution in [2.45, 2.75) is 25.9 Å². The summed E-state index contributed by atoms with van der Waals surface area (Å²) >= 11 is 4.81. The van der Waals surface area contributed by atoms with Gasteiger partial charge in [0, 0.05) is 19.0 Å². The van der Waals surface area contributed by atoms with E-state index >= 15 is 0 Å². The minimum absolute atomic E-state index is 0.127. The van der Waals surface area contributed by atoms with E-state index in [0.717, 1.165) is 12.8 Å². The normalized spacial score (nSPS) is 12.3. The molecule has 4 heteroatoms. The molecule has 0 aliphatic carbocycles. The van der Waals surface area contributed by atoms with Crippen LogP contribution in [0.3, 0.4) is 0 Å². The quantitative estimate of drug-likeness (QED) is 0.590. The van der Waals surface area contributed by atoms with E-state index in [1.807, 2.05) is 19.1 Å². The van der Waals surface area contributed by atoms with Crippen LogP contribution in [-0.4, -0.2) is 22.7 Å². The van der Waals surface area contributed by atoms with Crippen LogP contribution in [0.1, 0.15) is 18.9 Å². The summed E-state index contributed by atoms with van der Waals surface area (Å²) in [6.07, 6.45) is 5.43. The van der Waals surface area contributed by atoms with Crippen molar-refractivity contribution in [1.29, 1.82) is 0 Å². The first kappa shape index (κ1) is 12.1. The van der Waals surface area contributed by atoms with Crippen molar-refractivity contribution in [3.05, 3.63) is 30.1 Å². The summed E-state index contributed by atoms with van der Waals surface area (Å²) in [6.45, 7) is 2.55. The molecule has 0 spiro atoms. The first-order chi connectivity index (χ1) is 7.20. The lowest BCUT2D eigenvalue weighted by molar-refractivity contribution is 0.108. The van der Waals surface area contributed by atoms with Crippen LogP contribution in [0, 0.1) is 0 Å². The number of aryl methyl sites for hydroxylation is 1. The van der Waals surface area contributed by atoms with Crippen LogP contribution in [0.5, 0.6) is 0 Å². The maximum absolute atomic E-state index is 5.44. The van der Waals surface area contributed by atoms with Gasteiger partial charge in [0.2, 0.25) is 0 Å². The molecule has 0 saturated heterocycles. The number of aromatic nitrogens is 1.